The van der Waals surface area contributed by atoms with Crippen LogP contribution in [0.5, 0.6) is 0 Å². The van der Waals surface area contributed by atoms with Crippen molar-refractivity contribution in [1.82, 2.24) is 4.90 Å². The van der Waals surface area contributed by atoms with Crippen LogP contribution in [0.25, 0.3) is 0 Å². The Morgan fingerprint density at radius 3 is 2.25 bits per heavy atom. The summed E-state index contributed by atoms with van der Waals surface area (Å²) >= 11 is 1.52. The van der Waals surface area contributed by atoms with Gasteiger partial charge >= 0.3 is 5.97 Å². The third-order valence-corrected chi connectivity index (χ3v) is 5.12. The van der Waals surface area contributed by atoms with E-state index in [2.05, 4.69) is 0 Å². The first kappa shape index (κ1) is 14.9. The number of hydrogen-bond donors (Lipinski definition) is 1. The molecular formula is C15H19NO3S. The summed E-state index contributed by atoms with van der Waals surface area (Å²) < 4.78 is -0.521. The Hall–Kier alpha value is -1.49. The fourth-order valence-electron chi connectivity index (χ4n) is 2.60. The zero-order valence-corrected chi connectivity index (χ0v) is 12.9. The molecule has 1 aromatic carbocycles. The van der Waals surface area contributed by atoms with Crippen LogP contribution in [-0.2, 0) is 9.59 Å². The predicted molar refractivity (Wildman–Crippen MR) is 79.5 cm³/mol. The molecule has 0 spiro atoms. The van der Waals surface area contributed by atoms with Gasteiger partial charge in [0.2, 0.25) is 5.91 Å². The van der Waals surface area contributed by atoms with Gasteiger partial charge in [-0.25, -0.2) is 4.79 Å². The van der Waals surface area contributed by atoms with Gasteiger partial charge in [0.1, 0.15) is 11.4 Å². The number of carboxylic acid groups (broad SMARTS) is 1. The second kappa shape index (κ2) is 5.13. The predicted octanol–water partition coefficient (Wildman–Crippen LogP) is 2.82. The van der Waals surface area contributed by atoms with Gasteiger partial charge in [-0.3, -0.25) is 4.79 Å². The fourth-order valence-corrected chi connectivity index (χ4v) is 4.20. The van der Waals surface area contributed by atoms with E-state index in [4.69, 9.17) is 0 Å². The lowest BCUT2D eigenvalue weighted by atomic mass is 10.0. The van der Waals surface area contributed by atoms with Gasteiger partial charge in [-0.2, -0.15) is 0 Å². The third-order valence-electron chi connectivity index (χ3n) is 3.56. The molecule has 0 radical (unpaired) electrons. The fraction of sp³-hybridized carbons (Fsp3) is 0.467. The standard InChI is InChI=1S/C15H19NO3S/c1-9-5-7-11(8-6-9)13-16(10(2)17)12(14(18)19)15(3,4)20-13/h5-8,12-13H,1-4H3,(H,18,19)/t12-,13+/m0/s1. The van der Waals surface area contributed by atoms with E-state index in [1.165, 1.54) is 23.6 Å². The van der Waals surface area contributed by atoms with Crippen molar-refractivity contribution in [2.24, 2.45) is 0 Å². The third kappa shape index (κ3) is 2.54. The van der Waals surface area contributed by atoms with Gasteiger partial charge in [-0.05, 0) is 26.3 Å². The molecule has 0 saturated carbocycles. The van der Waals surface area contributed by atoms with Crippen LogP contribution >= 0.6 is 11.8 Å². The molecule has 0 bridgehead atoms. The molecule has 1 heterocycles. The second-order valence-electron chi connectivity index (χ2n) is 5.65. The van der Waals surface area contributed by atoms with E-state index >= 15 is 0 Å². The summed E-state index contributed by atoms with van der Waals surface area (Å²) in [7, 11) is 0. The minimum atomic E-state index is -0.952. The Balaban J connectivity index is 2.45. The number of aryl methyl sites for hydroxylation is 1. The molecule has 2 atom stereocenters. The number of hydrogen-bond acceptors (Lipinski definition) is 3. The van der Waals surface area contributed by atoms with E-state index in [1.54, 1.807) is 0 Å². The largest absolute Gasteiger partial charge is 0.480 e. The molecule has 0 unspecified atom stereocenters. The van der Waals surface area contributed by atoms with Gasteiger partial charge in [0.05, 0.1) is 0 Å². The van der Waals surface area contributed by atoms with Gasteiger partial charge < -0.3 is 10.0 Å². The van der Waals surface area contributed by atoms with E-state index < -0.39 is 16.8 Å². The normalized spacial score (nSPS) is 24.7. The summed E-state index contributed by atoms with van der Waals surface area (Å²) in [5, 5.41) is 9.22. The molecule has 1 aliphatic rings. The summed E-state index contributed by atoms with van der Waals surface area (Å²) in [4.78, 5) is 25.0. The van der Waals surface area contributed by atoms with Crippen LogP contribution in [0.2, 0.25) is 0 Å². The van der Waals surface area contributed by atoms with Crippen molar-refractivity contribution in [2.75, 3.05) is 0 Å². The van der Waals surface area contributed by atoms with Crippen LogP contribution in [0.4, 0.5) is 0 Å². The van der Waals surface area contributed by atoms with E-state index in [-0.39, 0.29) is 11.3 Å². The maximum absolute atomic E-state index is 11.9. The van der Waals surface area contributed by atoms with Crippen molar-refractivity contribution in [3.05, 3.63) is 35.4 Å². The number of benzene rings is 1. The average molecular weight is 293 g/mol. The van der Waals surface area contributed by atoms with Crippen LogP contribution in [0.15, 0.2) is 24.3 Å². The quantitative estimate of drug-likeness (QED) is 0.911. The molecule has 1 fully saturated rings. The van der Waals surface area contributed by atoms with Crippen molar-refractivity contribution >= 4 is 23.6 Å². The first-order valence-electron chi connectivity index (χ1n) is 6.50. The summed E-state index contributed by atoms with van der Waals surface area (Å²) in [5.41, 5.74) is 2.10. The highest BCUT2D eigenvalue weighted by Crippen LogP contribution is 2.52. The Morgan fingerprint density at radius 2 is 1.80 bits per heavy atom. The lowest BCUT2D eigenvalue weighted by Gasteiger charge is -2.28. The number of nitrogens with zero attached hydrogens (tertiary/aromatic N) is 1. The van der Waals surface area contributed by atoms with Crippen molar-refractivity contribution in [1.29, 1.82) is 0 Å². The molecule has 1 aromatic rings. The number of carbonyl (C=O) groups excluding carboxylic acids is 1. The molecular weight excluding hydrogens is 274 g/mol. The van der Waals surface area contributed by atoms with Crippen LogP contribution in [0.1, 0.15) is 37.3 Å². The highest BCUT2D eigenvalue weighted by Gasteiger charge is 2.52. The summed E-state index contributed by atoms with van der Waals surface area (Å²) in [6.45, 7) is 7.18. The van der Waals surface area contributed by atoms with Gasteiger partial charge in [0.15, 0.2) is 0 Å². The maximum Gasteiger partial charge on any atom is 0.327 e. The van der Waals surface area contributed by atoms with Gasteiger partial charge in [-0.1, -0.05) is 29.8 Å². The number of amides is 1. The first-order valence-corrected chi connectivity index (χ1v) is 7.38. The molecule has 1 aliphatic heterocycles. The van der Waals surface area contributed by atoms with E-state index in [0.29, 0.717) is 0 Å². The summed E-state index contributed by atoms with van der Waals surface area (Å²) in [6, 6.07) is 7.08. The van der Waals surface area contributed by atoms with Crippen molar-refractivity contribution in [2.45, 2.75) is 43.9 Å². The monoisotopic (exact) mass is 293 g/mol. The SMILES string of the molecule is CC(=O)N1[C@@H](c2ccc(C)cc2)SC(C)(C)[C@@H]1C(=O)O. The van der Waals surface area contributed by atoms with Gasteiger partial charge in [0, 0.05) is 11.7 Å². The minimum Gasteiger partial charge on any atom is -0.480 e. The number of carboxylic acids is 1. The highest BCUT2D eigenvalue weighted by molar-refractivity contribution is 8.01. The summed E-state index contributed by atoms with van der Waals surface area (Å²) in [5.74, 6) is -1.16. The molecule has 108 valence electrons. The molecule has 20 heavy (non-hydrogen) atoms. The molecule has 1 saturated heterocycles. The summed E-state index contributed by atoms with van der Waals surface area (Å²) in [6.07, 6.45) is 0. The van der Waals surface area contributed by atoms with Gasteiger partial charge in [0.25, 0.3) is 0 Å². The zero-order chi connectivity index (χ0) is 15.1. The number of aliphatic carboxylic acids is 1. The van der Waals surface area contributed by atoms with Crippen LogP contribution in [-0.4, -0.2) is 32.7 Å². The second-order valence-corrected chi connectivity index (χ2v) is 7.39. The Labute approximate surface area is 123 Å². The zero-order valence-electron chi connectivity index (χ0n) is 12.1. The lowest BCUT2D eigenvalue weighted by molar-refractivity contribution is -0.150. The van der Waals surface area contributed by atoms with Crippen LogP contribution in [0, 0.1) is 6.92 Å². The average Bonchev–Trinajstić information content (AvgIpc) is 2.62. The first-order chi connectivity index (χ1) is 9.24. The van der Waals surface area contributed by atoms with Crippen molar-refractivity contribution in [3.63, 3.8) is 0 Å². The minimum absolute atomic E-state index is 0.207. The maximum atomic E-state index is 11.9. The molecule has 1 N–H and O–H groups in total. The number of carbonyl (C=O) groups is 2. The Kier molecular flexibility index (Phi) is 3.82. The van der Waals surface area contributed by atoms with Crippen LogP contribution in [0.3, 0.4) is 0 Å². The number of thioether (sulfide) groups is 1. The number of rotatable bonds is 2. The van der Waals surface area contributed by atoms with E-state index in [1.807, 2.05) is 45.0 Å². The Morgan fingerprint density at radius 1 is 1.25 bits per heavy atom. The smallest absolute Gasteiger partial charge is 0.327 e. The highest BCUT2D eigenvalue weighted by atomic mass is 32.2. The van der Waals surface area contributed by atoms with E-state index in [9.17, 15) is 14.7 Å². The van der Waals surface area contributed by atoms with Crippen LogP contribution < -0.4 is 0 Å². The molecule has 1 amide bonds. The topological polar surface area (TPSA) is 57.6 Å². The Bertz CT molecular complexity index is 539. The molecule has 4 nitrogen and oxygen atoms in total. The molecule has 0 aliphatic carbocycles. The molecule has 0 aromatic heterocycles. The lowest BCUT2D eigenvalue weighted by Crippen LogP contribution is -2.48. The molecule has 5 heteroatoms. The molecule has 2 rings (SSSR count). The van der Waals surface area contributed by atoms with Gasteiger partial charge in [-0.15, -0.1) is 11.8 Å². The van der Waals surface area contributed by atoms with Crippen molar-refractivity contribution in [3.8, 4) is 0 Å². The van der Waals surface area contributed by atoms with Crippen molar-refractivity contribution < 1.29 is 14.7 Å². The van der Waals surface area contributed by atoms with E-state index in [0.717, 1.165) is 11.1 Å².